The van der Waals surface area contributed by atoms with Gasteiger partial charge in [0.15, 0.2) is 18.2 Å². The van der Waals surface area contributed by atoms with E-state index in [9.17, 15) is 10.1 Å². The predicted octanol–water partition coefficient (Wildman–Crippen LogP) is 4.62. The van der Waals surface area contributed by atoms with E-state index in [0.717, 1.165) is 10.9 Å². The van der Waals surface area contributed by atoms with Crippen LogP contribution in [0.15, 0.2) is 60.8 Å². The van der Waals surface area contributed by atoms with Crippen molar-refractivity contribution in [3.05, 3.63) is 76.4 Å². The molecule has 7 nitrogen and oxygen atoms in total. The number of hydrogen-bond donors (Lipinski definition) is 1. The number of rotatable bonds is 5. The van der Waals surface area contributed by atoms with Crippen molar-refractivity contribution in [2.75, 3.05) is 11.9 Å². The van der Waals surface area contributed by atoms with Crippen LogP contribution in [0.3, 0.4) is 0 Å². The molecule has 4 aromatic rings. The third kappa shape index (κ3) is 4.06. The molecule has 0 aliphatic carbocycles. The van der Waals surface area contributed by atoms with Crippen molar-refractivity contribution in [2.24, 2.45) is 0 Å². The monoisotopic (exact) mass is 437 g/mol. The van der Waals surface area contributed by atoms with E-state index >= 15 is 0 Å². The molecule has 2 aromatic carbocycles. The zero-order valence-corrected chi connectivity index (χ0v) is 16.9. The van der Waals surface area contributed by atoms with Gasteiger partial charge in [-0.3, -0.25) is 4.79 Å². The van der Waals surface area contributed by atoms with E-state index in [1.54, 1.807) is 18.2 Å². The molecule has 4 rings (SSSR count). The Morgan fingerprint density at radius 3 is 2.83 bits per heavy atom. The smallest absolute Gasteiger partial charge is 0.263 e. The zero-order chi connectivity index (χ0) is 21.1. The zero-order valence-electron chi connectivity index (χ0n) is 15.3. The number of halogens is 2. The van der Waals surface area contributed by atoms with E-state index in [4.69, 9.17) is 27.9 Å². The number of nitrogens with zero attached hydrogens (tertiary/aromatic N) is 4. The molecule has 0 radical (unpaired) electrons. The minimum Gasteiger partial charge on any atom is -0.482 e. The van der Waals surface area contributed by atoms with Crippen LogP contribution < -0.4 is 10.1 Å². The van der Waals surface area contributed by atoms with Gasteiger partial charge >= 0.3 is 0 Å². The van der Waals surface area contributed by atoms with E-state index in [-0.39, 0.29) is 23.7 Å². The number of para-hydroxylation sites is 1. The summed E-state index contributed by atoms with van der Waals surface area (Å²) in [4.78, 5) is 17.0. The maximum absolute atomic E-state index is 12.5. The molecule has 0 aliphatic rings. The van der Waals surface area contributed by atoms with Crippen molar-refractivity contribution >= 4 is 45.8 Å². The van der Waals surface area contributed by atoms with Crippen LogP contribution in [0.2, 0.25) is 10.0 Å². The first kappa shape index (κ1) is 19.7. The van der Waals surface area contributed by atoms with Crippen molar-refractivity contribution in [2.45, 2.75) is 0 Å². The van der Waals surface area contributed by atoms with Gasteiger partial charge in [-0.25, -0.2) is 4.98 Å². The van der Waals surface area contributed by atoms with Crippen LogP contribution in [0.4, 0.5) is 5.82 Å². The number of carbonyl (C=O) groups excluding carboxylic acids is 1. The van der Waals surface area contributed by atoms with Crippen molar-refractivity contribution in [1.82, 2.24) is 14.8 Å². The summed E-state index contributed by atoms with van der Waals surface area (Å²) in [6.07, 6.45) is 1.36. The lowest BCUT2D eigenvalue weighted by molar-refractivity contribution is -0.118. The fraction of sp³-hybridized carbons (Fsp3) is 0.0476. The molecule has 0 saturated carbocycles. The van der Waals surface area contributed by atoms with Crippen molar-refractivity contribution in [3.8, 4) is 17.6 Å². The first-order chi connectivity index (χ1) is 14.5. The Morgan fingerprint density at radius 2 is 2.00 bits per heavy atom. The second-order valence-electron chi connectivity index (χ2n) is 6.20. The predicted molar refractivity (Wildman–Crippen MR) is 114 cm³/mol. The molecule has 0 bridgehead atoms. The van der Waals surface area contributed by atoms with Crippen LogP contribution in [-0.4, -0.2) is 27.3 Å². The Morgan fingerprint density at radius 1 is 1.17 bits per heavy atom. The lowest BCUT2D eigenvalue weighted by Crippen LogP contribution is -2.22. The number of pyridine rings is 1. The summed E-state index contributed by atoms with van der Waals surface area (Å²) in [5, 5.41) is 18.0. The summed E-state index contributed by atoms with van der Waals surface area (Å²) in [6, 6.07) is 18.0. The van der Waals surface area contributed by atoms with Gasteiger partial charge in [0.2, 0.25) is 0 Å². The van der Waals surface area contributed by atoms with Crippen LogP contribution in [0.5, 0.6) is 5.75 Å². The van der Waals surface area contributed by atoms with Crippen LogP contribution in [0.1, 0.15) is 5.56 Å². The number of ether oxygens (including phenoxy) is 1. The summed E-state index contributed by atoms with van der Waals surface area (Å²) in [5.74, 6) is 0.449. The first-order valence-electron chi connectivity index (χ1n) is 8.77. The molecule has 1 amide bonds. The minimum absolute atomic E-state index is 0.194. The van der Waals surface area contributed by atoms with Crippen molar-refractivity contribution in [3.63, 3.8) is 0 Å². The normalized spacial score (nSPS) is 10.6. The highest BCUT2D eigenvalue weighted by molar-refractivity contribution is 6.34. The fourth-order valence-corrected chi connectivity index (χ4v) is 3.13. The molecule has 0 spiro atoms. The van der Waals surface area contributed by atoms with Gasteiger partial charge in [0.1, 0.15) is 17.4 Å². The minimum atomic E-state index is -0.495. The third-order valence-corrected chi connectivity index (χ3v) is 4.75. The summed E-state index contributed by atoms with van der Waals surface area (Å²) in [7, 11) is 0. The highest BCUT2D eigenvalue weighted by atomic mass is 35.5. The number of amides is 1. The average Bonchev–Trinajstić information content (AvgIpc) is 3.16. The lowest BCUT2D eigenvalue weighted by Gasteiger charge is -2.11. The maximum Gasteiger partial charge on any atom is 0.263 e. The fourth-order valence-electron chi connectivity index (χ4n) is 2.80. The van der Waals surface area contributed by atoms with Gasteiger partial charge in [-0.15, -0.1) is 0 Å². The van der Waals surface area contributed by atoms with Gasteiger partial charge in [0, 0.05) is 16.5 Å². The number of benzene rings is 2. The molecule has 0 saturated heterocycles. The topological polar surface area (TPSA) is 92.8 Å². The van der Waals surface area contributed by atoms with Gasteiger partial charge in [0.05, 0.1) is 16.7 Å². The average molecular weight is 438 g/mol. The molecule has 2 heterocycles. The van der Waals surface area contributed by atoms with Crippen LogP contribution in [0.25, 0.3) is 16.7 Å². The highest BCUT2D eigenvalue weighted by Gasteiger charge is 2.17. The molecule has 30 heavy (non-hydrogen) atoms. The number of aromatic nitrogens is 3. The molecule has 0 aliphatic heterocycles. The SMILES string of the molecule is N#Cc1cnn(-c2ccc3ccccc3n2)c1NC(=O)COc1cc(Cl)ccc1Cl. The lowest BCUT2D eigenvalue weighted by atomic mass is 10.2. The second kappa shape index (κ2) is 8.41. The quantitative estimate of drug-likeness (QED) is 0.491. The summed E-state index contributed by atoms with van der Waals surface area (Å²) < 4.78 is 6.85. The summed E-state index contributed by atoms with van der Waals surface area (Å²) in [5.41, 5.74) is 0.958. The molecular weight excluding hydrogens is 425 g/mol. The first-order valence-corrected chi connectivity index (χ1v) is 9.53. The number of fused-ring (bicyclic) bond motifs is 1. The molecule has 9 heteroatoms. The number of carbonyl (C=O) groups is 1. The van der Waals surface area contributed by atoms with E-state index in [2.05, 4.69) is 15.4 Å². The second-order valence-corrected chi connectivity index (χ2v) is 7.05. The number of hydrogen-bond acceptors (Lipinski definition) is 5. The molecule has 148 valence electrons. The molecular formula is C21H13Cl2N5O2. The van der Waals surface area contributed by atoms with E-state index < -0.39 is 5.91 Å². The molecule has 1 N–H and O–H groups in total. The van der Waals surface area contributed by atoms with Gasteiger partial charge in [-0.1, -0.05) is 41.4 Å². The van der Waals surface area contributed by atoms with Gasteiger partial charge < -0.3 is 10.1 Å². The number of nitriles is 1. The third-order valence-electron chi connectivity index (χ3n) is 4.20. The van der Waals surface area contributed by atoms with Gasteiger partial charge in [-0.2, -0.15) is 15.0 Å². The van der Waals surface area contributed by atoms with Gasteiger partial charge in [0.25, 0.3) is 5.91 Å². The number of nitrogens with one attached hydrogen (secondary N) is 1. The van der Waals surface area contributed by atoms with E-state index in [0.29, 0.717) is 15.9 Å². The molecule has 0 unspecified atom stereocenters. The van der Waals surface area contributed by atoms with Crippen molar-refractivity contribution in [1.29, 1.82) is 5.26 Å². The van der Waals surface area contributed by atoms with E-state index in [1.807, 2.05) is 36.4 Å². The summed E-state index contributed by atoms with van der Waals surface area (Å²) in [6.45, 7) is -0.332. The highest BCUT2D eigenvalue weighted by Crippen LogP contribution is 2.28. The standard InChI is InChI=1S/C21H13Cl2N5O2/c22-15-6-7-16(23)18(9-15)30-12-20(29)27-21-14(10-24)11-25-28(21)19-8-5-13-3-1-2-4-17(13)26-19/h1-9,11H,12H2,(H,27,29). The largest absolute Gasteiger partial charge is 0.482 e. The molecule has 0 atom stereocenters. The van der Waals surface area contributed by atoms with Gasteiger partial charge in [-0.05, 0) is 30.3 Å². The molecule has 0 fully saturated rings. The Bertz CT molecular complexity index is 1300. The Labute approximate surface area is 181 Å². The summed E-state index contributed by atoms with van der Waals surface area (Å²) >= 11 is 12.0. The Hall–Kier alpha value is -3.60. The number of anilines is 1. The van der Waals surface area contributed by atoms with Crippen molar-refractivity contribution < 1.29 is 9.53 Å². The maximum atomic E-state index is 12.5. The Balaban J connectivity index is 1.57. The molecule has 2 aromatic heterocycles. The van der Waals surface area contributed by atoms with E-state index in [1.165, 1.54) is 16.9 Å². The Kier molecular flexibility index (Phi) is 5.53. The van der Waals surface area contributed by atoms with Crippen LogP contribution >= 0.6 is 23.2 Å². The van der Waals surface area contributed by atoms with Crippen LogP contribution in [-0.2, 0) is 4.79 Å². The van der Waals surface area contributed by atoms with Crippen LogP contribution in [0, 0.1) is 11.3 Å².